The molecule has 0 aliphatic carbocycles. The number of aliphatic hydroxyl groups is 3. The van der Waals surface area contributed by atoms with Crippen molar-refractivity contribution in [3.8, 4) is 0 Å². The molecule has 0 aromatic carbocycles. The third kappa shape index (κ3) is 11.5. The first kappa shape index (κ1) is 21.2. The summed E-state index contributed by atoms with van der Waals surface area (Å²) >= 11 is 0. The van der Waals surface area contributed by atoms with Gasteiger partial charge >= 0.3 is 0 Å². The Hall–Kier alpha value is -1.75. The summed E-state index contributed by atoms with van der Waals surface area (Å²) in [6, 6.07) is 0. The highest BCUT2D eigenvalue weighted by Crippen LogP contribution is 2.08. The molecule has 0 fully saturated rings. The minimum atomic E-state index is -1.00. The molecular weight excluding hydrogens is 292 g/mol. The van der Waals surface area contributed by atoms with E-state index in [9.17, 15) is 20.1 Å². The largest absolute Gasteiger partial charge is 0.393 e. The Bertz CT molecular complexity index is 507. The lowest BCUT2D eigenvalue weighted by Crippen LogP contribution is -2.27. The third-order valence-corrected chi connectivity index (χ3v) is 3.02. The number of aliphatic hydroxyl groups excluding tert-OH is 3. The van der Waals surface area contributed by atoms with Crippen LogP contribution in [0.1, 0.15) is 34.1 Å². The predicted octanol–water partition coefficient (Wildman–Crippen LogP) is 2.63. The average Bonchev–Trinajstić information content (AvgIpc) is 2.44. The van der Waals surface area contributed by atoms with Gasteiger partial charge in [0, 0.05) is 6.42 Å². The molecule has 0 spiro atoms. The summed E-state index contributed by atoms with van der Waals surface area (Å²) in [6.07, 6.45) is 10.5. The second-order valence-electron chi connectivity index (χ2n) is 5.71. The number of hydrogen-bond donors (Lipinski definition) is 3. The van der Waals surface area contributed by atoms with Gasteiger partial charge in [0.05, 0.1) is 18.3 Å². The lowest BCUT2D eigenvalue weighted by atomic mass is 10.0. The topological polar surface area (TPSA) is 77.8 Å². The fraction of sp³-hybridized carbons (Fsp3) is 0.421. The molecule has 0 amide bonds. The number of aldehydes is 1. The molecule has 0 bridgehead atoms. The highest BCUT2D eigenvalue weighted by molar-refractivity contribution is 5.65. The van der Waals surface area contributed by atoms with Gasteiger partial charge in [0.25, 0.3) is 0 Å². The molecule has 0 unspecified atom stereocenters. The Labute approximate surface area is 138 Å². The smallest absolute Gasteiger partial charge is 0.142 e. The van der Waals surface area contributed by atoms with Crippen LogP contribution in [0.25, 0.3) is 0 Å². The van der Waals surface area contributed by atoms with E-state index >= 15 is 0 Å². The Morgan fingerprint density at radius 2 is 1.57 bits per heavy atom. The van der Waals surface area contributed by atoms with Gasteiger partial charge in [0.1, 0.15) is 6.29 Å². The zero-order chi connectivity index (χ0) is 17.8. The number of allylic oxidation sites excluding steroid dienone is 9. The van der Waals surface area contributed by atoms with E-state index < -0.39 is 18.3 Å². The van der Waals surface area contributed by atoms with E-state index in [4.69, 9.17) is 0 Å². The van der Waals surface area contributed by atoms with Gasteiger partial charge in [-0.2, -0.15) is 0 Å². The van der Waals surface area contributed by atoms with E-state index in [1.807, 2.05) is 45.1 Å². The molecule has 0 heterocycles. The second-order valence-corrected chi connectivity index (χ2v) is 5.71. The maximum atomic E-state index is 10.2. The van der Waals surface area contributed by atoms with Crippen LogP contribution in [0.5, 0.6) is 0 Å². The van der Waals surface area contributed by atoms with Crippen molar-refractivity contribution in [3.63, 3.8) is 0 Å². The molecular formula is C19H28O4. The van der Waals surface area contributed by atoms with Gasteiger partial charge in [-0.05, 0) is 33.8 Å². The van der Waals surface area contributed by atoms with Crippen molar-refractivity contribution >= 4 is 6.29 Å². The van der Waals surface area contributed by atoms with Crippen LogP contribution in [-0.2, 0) is 4.79 Å². The maximum absolute atomic E-state index is 10.2. The number of carbonyl (C=O) groups excluding carboxylic acids is 1. The Morgan fingerprint density at radius 1 is 0.957 bits per heavy atom. The lowest BCUT2D eigenvalue weighted by Gasteiger charge is -2.16. The van der Waals surface area contributed by atoms with Gasteiger partial charge in [-0.25, -0.2) is 0 Å². The molecule has 0 saturated heterocycles. The van der Waals surface area contributed by atoms with E-state index in [2.05, 4.69) is 0 Å². The molecule has 0 saturated carbocycles. The van der Waals surface area contributed by atoms with E-state index in [0.717, 1.165) is 23.0 Å². The quantitative estimate of drug-likeness (QED) is 0.347. The zero-order valence-electron chi connectivity index (χ0n) is 14.3. The number of rotatable bonds is 9. The number of hydrogen-bond acceptors (Lipinski definition) is 4. The molecule has 0 aromatic rings. The summed E-state index contributed by atoms with van der Waals surface area (Å²) in [4.78, 5) is 10.2. The highest BCUT2D eigenvalue weighted by atomic mass is 16.3. The average molecular weight is 320 g/mol. The summed E-state index contributed by atoms with van der Waals surface area (Å²) in [5.74, 6) is 0. The first-order valence-electron chi connectivity index (χ1n) is 7.64. The van der Waals surface area contributed by atoms with Crippen molar-refractivity contribution in [1.29, 1.82) is 0 Å². The van der Waals surface area contributed by atoms with Crippen LogP contribution in [0.4, 0.5) is 0 Å². The van der Waals surface area contributed by atoms with Crippen molar-refractivity contribution in [2.75, 3.05) is 0 Å². The van der Waals surface area contributed by atoms with Crippen LogP contribution in [0.2, 0.25) is 0 Å². The summed E-state index contributed by atoms with van der Waals surface area (Å²) in [5.41, 5.74) is 2.81. The highest BCUT2D eigenvalue weighted by Gasteiger charge is 2.15. The van der Waals surface area contributed by atoms with Crippen molar-refractivity contribution in [2.45, 2.75) is 52.4 Å². The van der Waals surface area contributed by atoms with Crippen molar-refractivity contribution in [3.05, 3.63) is 59.3 Å². The van der Waals surface area contributed by atoms with Gasteiger partial charge in [-0.15, -0.1) is 0 Å². The van der Waals surface area contributed by atoms with Gasteiger partial charge in [0.2, 0.25) is 0 Å². The van der Waals surface area contributed by atoms with Crippen molar-refractivity contribution < 1.29 is 20.1 Å². The molecule has 0 aliphatic heterocycles. The second kappa shape index (κ2) is 11.8. The van der Waals surface area contributed by atoms with Crippen LogP contribution in [0.3, 0.4) is 0 Å². The van der Waals surface area contributed by atoms with Crippen LogP contribution in [0.15, 0.2) is 59.3 Å². The molecule has 0 aliphatic rings. The fourth-order valence-corrected chi connectivity index (χ4v) is 1.92. The predicted molar refractivity (Wildman–Crippen MR) is 93.9 cm³/mol. The van der Waals surface area contributed by atoms with E-state index in [-0.39, 0.29) is 6.42 Å². The molecule has 3 N–H and O–H groups in total. The standard InChI is InChI=1S/C19H28O4/c1-14(11-15(2)9-6-10-20)7-5-8-16(3)12-18(22)19(23)13-17(4)21/h5-12,17-19,21-23H,13H2,1-4H3/b8-5+,9-6+,14-7?,15-11?,16-12+/t17-,18-,19-/m0/s1. The molecule has 0 radical (unpaired) electrons. The first-order valence-corrected chi connectivity index (χ1v) is 7.64. The third-order valence-electron chi connectivity index (χ3n) is 3.02. The van der Waals surface area contributed by atoms with Gasteiger partial charge < -0.3 is 15.3 Å². The van der Waals surface area contributed by atoms with Gasteiger partial charge in [-0.3, -0.25) is 4.79 Å². The van der Waals surface area contributed by atoms with Gasteiger partial charge in [0.15, 0.2) is 0 Å². The van der Waals surface area contributed by atoms with Crippen LogP contribution in [0, 0.1) is 0 Å². The summed E-state index contributed by atoms with van der Waals surface area (Å²) < 4.78 is 0. The summed E-state index contributed by atoms with van der Waals surface area (Å²) in [6.45, 7) is 7.25. The molecule has 128 valence electrons. The fourth-order valence-electron chi connectivity index (χ4n) is 1.92. The summed E-state index contributed by atoms with van der Waals surface area (Å²) in [7, 11) is 0. The zero-order valence-corrected chi connectivity index (χ0v) is 14.3. The van der Waals surface area contributed by atoms with Crippen molar-refractivity contribution in [2.24, 2.45) is 0 Å². The van der Waals surface area contributed by atoms with Crippen LogP contribution in [-0.4, -0.2) is 39.9 Å². The van der Waals surface area contributed by atoms with Gasteiger partial charge in [-0.1, -0.05) is 53.2 Å². The molecule has 0 aromatic heterocycles. The molecule has 4 heteroatoms. The van der Waals surface area contributed by atoms with Crippen molar-refractivity contribution in [1.82, 2.24) is 0 Å². The minimum Gasteiger partial charge on any atom is -0.393 e. The Morgan fingerprint density at radius 3 is 2.13 bits per heavy atom. The van der Waals surface area contributed by atoms with Crippen LogP contribution >= 0.6 is 0 Å². The molecule has 3 atom stereocenters. The monoisotopic (exact) mass is 320 g/mol. The molecule has 23 heavy (non-hydrogen) atoms. The normalized spacial score (nSPS) is 18.5. The van der Waals surface area contributed by atoms with E-state index in [0.29, 0.717) is 0 Å². The van der Waals surface area contributed by atoms with E-state index in [1.54, 1.807) is 19.1 Å². The maximum Gasteiger partial charge on any atom is 0.142 e. The molecule has 4 nitrogen and oxygen atoms in total. The SMILES string of the molecule is CC(=C/C=C/C(C)=C/[C@H](O)[C@@H](O)C[C@H](C)O)C=C(C)/C=C/C=O. The number of carbonyl (C=O) groups is 1. The van der Waals surface area contributed by atoms with Crippen LogP contribution < -0.4 is 0 Å². The van der Waals surface area contributed by atoms with E-state index in [1.165, 1.54) is 6.08 Å². The minimum absolute atomic E-state index is 0.131. The molecule has 0 rings (SSSR count). The Balaban J connectivity index is 4.70. The Kier molecular flexibility index (Phi) is 10.9. The summed E-state index contributed by atoms with van der Waals surface area (Å²) in [5, 5.41) is 28.7. The first-order chi connectivity index (χ1) is 10.8. The lowest BCUT2D eigenvalue weighted by molar-refractivity contribution is -0.104.